The molecule has 0 radical (unpaired) electrons. The second-order valence-electron chi connectivity index (χ2n) is 21.4. The third-order valence-electron chi connectivity index (χ3n) is 13.1. The number of hydrogen-bond donors (Lipinski definition) is 13. The highest BCUT2D eigenvalue weighted by atomic mass is 16.4. The van der Waals surface area contributed by atoms with Gasteiger partial charge < -0.3 is 69.5 Å². The quantitative estimate of drug-likeness (QED) is 0.0294. The fourth-order valence-corrected chi connectivity index (χ4v) is 9.03. The number of fused-ring (bicyclic) bond motifs is 1. The van der Waals surface area contributed by atoms with Gasteiger partial charge in [-0.2, -0.15) is 0 Å². The molecule has 4 aromatic rings. The van der Waals surface area contributed by atoms with Crippen molar-refractivity contribution >= 4 is 58.2 Å². The number of carbonyl (C=O) groups excluding carboxylic acids is 7. The summed E-state index contributed by atoms with van der Waals surface area (Å²) in [6.45, 7) is 11.9. The lowest BCUT2D eigenvalue weighted by molar-refractivity contribution is -0.142. The first kappa shape index (κ1) is 63.4. The van der Waals surface area contributed by atoms with Gasteiger partial charge in [-0.3, -0.25) is 33.6 Å². The van der Waals surface area contributed by atoms with Crippen molar-refractivity contribution in [3.05, 3.63) is 90.1 Å². The number of benzene rings is 2. The van der Waals surface area contributed by atoms with Crippen molar-refractivity contribution in [2.75, 3.05) is 13.1 Å². The van der Waals surface area contributed by atoms with Crippen molar-refractivity contribution in [2.45, 2.75) is 167 Å². The van der Waals surface area contributed by atoms with Crippen LogP contribution in [0.5, 0.6) is 0 Å². The molecule has 0 aliphatic rings. The van der Waals surface area contributed by atoms with Gasteiger partial charge in [0.05, 0.1) is 12.4 Å². The van der Waals surface area contributed by atoms with Gasteiger partial charge in [0.25, 0.3) is 0 Å². The lowest BCUT2D eigenvalue weighted by Gasteiger charge is -2.29. The van der Waals surface area contributed by atoms with E-state index in [2.05, 4.69) is 52.2 Å². The highest BCUT2D eigenvalue weighted by molar-refractivity contribution is 5.98. The second-order valence-corrected chi connectivity index (χ2v) is 21.4. The third-order valence-corrected chi connectivity index (χ3v) is 13.1. The number of unbranched alkanes of at least 4 members (excludes halogenated alkanes) is 2. The maximum Gasteiger partial charge on any atom is 0.326 e. The summed E-state index contributed by atoms with van der Waals surface area (Å²) in [5.41, 5.74) is 20.3. The van der Waals surface area contributed by atoms with Crippen LogP contribution in [0, 0.1) is 17.8 Å². The molecule has 428 valence electrons. The largest absolute Gasteiger partial charge is 0.480 e. The Morgan fingerprint density at radius 1 is 0.513 bits per heavy atom. The number of aromatic nitrogens is 3. The average molecular weight is 1080 g/mol. The number of imidazole rings is 1. The van der Waals surface area contributed by atoms with Gasteiger partial charge in [-0.15, -0.1) is 0 Å². The van der Waals surface area contributed by atoms with Crippen LogP contribution in [0.4, 0.5) is 0 Å². The number of aromatic amines is 2. The zero-order chi connectivity index (χ0) is 57.3. The number of para-hydroxylation sites is 1. The molecule has 0 aliphatic carbocycles. The summed E-state index contributed by atoms with van der Waals surface area (Å²) in [7, 11) is 0. The monoisotopic (exact) mass is 1080 g/mol. The Morgan fingerprint density at radius 3 is 1.50 bits per heavy atom. The molecule has 22 nitrogen and oxygen atoms in total. The molecule has 2 aromatic carbocycles. The molecule has 0 saturated heterocycles. The summed E-state index contributed by atoms with van der Waals surface area (Å²) < 4.78 is 0. The Kier molecular flexibility index (Phi) is 26.4. The van der Waals surface area contributed by atoms with Crippen molar-refractivity contribution in [1.29, 1.82) is 0 Å². The molecule has 0 spiro atoms. The zero-order valence-electron chi connectivity index (χ0n) is 46.1. The maximum atomic E-state index is 14.7. The molecule has 0 aliphatic heterocycles. The Hall–Kier alpha value is -7.17. The Morgan fingerprint density at radius 2 is 0.962 bits per heavy atom. The van der Waals surface area contributed by atoms with E-state index >= 15 is 0 Å². The number of nitrogens with one attached hydrogen (secondary N) is 9. The molecular formula is C56H85N13O9. The van der Waals surface area contributed by atoms with Gasteiger partial charge in [0.15, 0.2) is 0 Å². The number of carboxylic acid groups (broad SMARTS) is 1. The van der Waals surface area contributed by atoms with Gasteiger partial charge in [0.2, 0.25) is 41.4 Å². The fraction of sp³-hybridized carbons (Fsp3) is 0.554. The van der Waals surface area contributed by atoms with E-state index < -0.39 is 95.7 Å². The SMILES string of the molecule is CC(C)C[C@@H](NC(=O)[C@H](Cc1c[nH]c2ccccc12)NC(=O)[C@@H](CC(C)C)NC(=O)[C@H](Cc1ccccc1)NC(=O)[C@@H](CC(C)C)NC(=O)[C@H](CCCCN)NC(=O)[C@@H](Cc1cnc[nH]1)NC(=O)[C@@H](N)CCCCN)C(=O)O. The summed E-state index contributed by atoms with van der Waals surface area (Å²) in [6.07, 6.45) is 7.73. The number of amides is 7. The van der Waals surface area contributed by atoms with Gasteiger partial charge >= 0.3 is 5.97 Å². The van der Waals surface area contributed by atoms with Crippen LogP contribution in [0.2, 0.25) is 0 Å². The molecule has 0 saturated carbocycles. The summed E-state index contributed by atoms with van der Waals surface area (Å²) in [6, 6.07) is 6.84. The second kappa shape index (κ2) is 32.5. The molecule has 8 atom stereocenters. The summed E-state index contributed by atoms with van der Waals surface area (Å²) in [4.78, 5) is 122. The number of carbonyl (C=O) groups is 8. The number of aliphatic carboxylic acids is 1. The fourth-order valence-electron chi connectivity index (χ4n) is 9.03. The predicted molar refractivity (Wildman–Crippen MR) is 298 cm³/mol. The van der Waals surface area contributed by atoms with E-state index in [1.165, 1.54) is 12.5 Å². The Bertz CT molecular complexity index is 2540. The number of nitrogens with two attached hydrogens (primary N) is 3. The van der Waals surface area contributed by atoms with Gasteiger partial charge in [0.1, 0.15) is 42.3 Å². The van der Waals surface area contributed by atoms with Gasteiger partial charge in [-0.1, -0.05) is 96.5 Å². The van der Waals surface area contributed by atoms with Crippen LogP contribution in [0.15, 0.2) is 73.3 Å². The van der Waals surface area contributed by atoms with E-state index in [1.807, 2.05) is 65.8 Å². The average Bonchev–Trinajstić information content (AvgIpc) is 4.07. The van der Waals surface area contributed by atoms with Crippen LogP contribution in [0.25, 0.3) is 10.9 Å². The van der Waals surface area contributed by atoms with Gasteiger partial charge in [-0.05, 0) is 99.4 Å². The van der Waals surface area contributed by atoms with Gasteiger partial charge in [-0.25, -0.2) is 9.78 Å². The molecule has 4 rings (SSSR count). The van der Waals surface area contributed by atoms with E-state index in [1.54, 1.807) is 36.5 Å². The molecule has 2 heterocycles. The molecule has 0 fully saturated rings. The van der Waals surface area contributed by atoms with Crippen LogP contribution < -0.4 is 54.4 Å². The molecule has 22 heteroatoms. The number of nitrogens with zero attached hydrogens (tertiary/aromatic N) is 1. The maximum absolute atomic E-state index is 14.7. The van der Waals surface area contributed by atoms with Crippen LogP contribution in [-0.4, -0.2) is 129 Å². The Labute approximate surface area is 457 Å². The van der Waals surface area contributed by atoms with E-state index in [0.717, 1.165) is 10.9 Å². The first-order valence-electron chi connectivity index (χ1n) is 27.3. The van der Waals surface area contributed by atoms with E-state index in [9.17, 15) is 43.5 Å². The molecule has 78 heavy (non-hydrogen) atoms. The summed E-state index contributed by atoms with van der Waals surface area (Å²) in [5, 5.41) is 30.3. The van der Waals surface area contributed by atoms with Crippen molar-refractivity contribution in [3.8, 4) is 0 Å². The van der Waals surface area contributed by atoms with Crippen molar-refractivity contribution in [1.82, 2.24) is 52.2 Å². The molecule has 2 aromatic heterocycles. The van der Waals surface area contributed by atoms with Crippen LogP contribution >= 0.6 is 0 Å². The van der Waals surface area contributed by atoms with Crippen LogP contribution in [-0.2, 0) is 57.6 Å². The minimum Gasteiger partial charge on any atom is -0.480 e. The minimum absolute atomic E-state index is 0.000256. The van der Waals surface area contributed by atoms with Crippen LogP contribution in [0.3, 0.4) is 0 Å². The predicted octanol–water partition coefficient (Wildman–Crippen LogP) is 2.12. The lowest BCUT2D eigenvalue weighted by atomic mass is 9.98. The standard InChI is InChI=1S/C56H85N13O9/c1-33(2)24-43(65-50(71)42(21-13-15-23-58)63-55(76)47(29-38-31-60-32-62-38)64-49(70)40(59)19-12-14-22-57)51(72)67-45(27-36-16-8-7-9-17-36)53(74)66-44(25-34(3)4)52(73)68-46(54(75)69-48(56(77)78)26-35(5)6)28-37-30-61-41-20-11-10-18-39(37)41/h7-11,16-18,20,30-35,40,42-48,61H,12-15,19,21-29,57-59H2,1-6H3,(H,60,62)(H,63,76)(H,64,70)(H,65,71)(H,66,74)(H,67,72)(H,68,73)(H,69,75)(H,77,78)/t40-,42-,43+,44+,45-,46-,47+,48+/m0/s1. The molecule has 0 bridgehead atoms. The smallest absolute Gasteiger partial charge is 0.326 e. The highest BCUT2D eigenvalue weighted by Crippen LogP contribution is 2.20. The van der Waals surface area contributed by atoms with E-state index in [0.29, 0.717) is 62.0 Å². The molecule has 0 unspecified atom stereocenters. The number of hydrogen-bond acceptors (Lipinski definition) is 12. The van der Waals surface area contributed by atoms with Crippen molar-refractivity contribution in [3.63, 3.8) is 0 Å². The number of rotatable bonds is 35. The topological polar surface area (TPSA) is 364 Å². The third kappa shape index (κ3) is 21.3. The van der Waals surface area contributed by atoms with E-state index in [4.69, 9.17) is 17.2 Å². The van der Waals surface area contributed by atoms with E-state index in [-0.39, 0.29) is 62.7 Å². The lowest BCUT2D eigenvalue weighted by Crippen LogP contribution is -2.61. The highest BCUT2D eigenvalue weighted by Gasteiger charge is 2.36. The van der Waals surface area contributed by atoms with Gasteiger partial charge in [0, 0.05) is 48.3 Å². The number of H-pyrrole nitrogens is 2. The first-order chi connectivity index (χ1) is 37.2. The Balaban J connectivity index is 1.61. The first-order valence-corrected chi connectivity index (χ1v) is 27.3. The van der Waals surface area contributed by atoms with Crippen LogP contribution in [0.1, 0.15) is 116 Å². The van der Waals surface area contributed by atoms with Crippen molar-refractivity contribution < 1.29 is 43.5 Å². The molecular weight excluding hydrogens is 999 g/mol. The zero-order valence-corrected chi connectivity index (χ0v) is 46.1. The molecule has 7 amide bonds. The minimum atomic E-state index is -1.29. The summed E-state index contributed by atoms with van der Waals surface area (Å²) >= 11 is 0. The number of carboxylic acids is 1. The summed E-state index contributed by atoms with van der Waals surface area (Å²) in [5.74, 6) is -6.38. The molecule has 16 N–H and O–H groups in total. The normalized spacial score (nSPS) is 14.6. The van der Waals surface area contributed by atoms with Crippen molar-refractivity contribution in [2.24, 2.45) is 35.0 Å².